The molecule has 100 valence electrons. The molecule has 0 aliphatic carbocycles. The van der Waals surface area contributed by atoms with E-state index in [1.54, 1.807) is 6.92 Å². The van der Waals surface area contributed by atoms with Gasteiger partial charge in [0.05, 0.1) is 17.3 Å². The van der Waals surface area contributed by atoms with E-state index in [4.69, 9.17) is 20.8 Å². The summed E-state index contributed by atoms with van der Waals surface area (Å²) in [5.74, 6) is -1.05. The van der Waals surface area contributed by atoms with Crippen LogP contribution in [0.15, 0.2) is 28.9 Å². The van der Waals surface area contributed by atoms with Crippen molar-refractivity contribution >= 4 is 29.3 Å². The first kappa shape index (κ1) is 13.4. The summed E-state index contributed by atoms with van der Waals surface area (Å²) in [5.41, 5.74) is 0.316. The SMILES string of the molecule is CCOC(=O)c1coc(Nc2cc(F)ccc2Cl)n1. The first-order valence-electron chi connectivity index (χ1n) is 5.45. The summed E-state index contributed by atoms with van der Waals surface area (Å²) < 4.78 is 22.8. The number of aromatic nitrogens is 1. The van der Waals surface area contributed by atoms with Crippen LogP contribution in [0.25, 0.3) is 0 Å². The van der Waals surface area contributed by atoms with Crippen LogP contribution in [-0.2, 0) is 4.74 Å². The van der Waals surface area contributed by atoms with E-state index < -0.39 is 11.8 Å². The van der Waals surface area contributed by atoms with E-state index in [0.29, 0.717) is 10.7 Å². The van der Waals surface area contributed by atoms with Crippen LogP contribution in [0.2, 0.25) is 5.02 Å². The van der Waals surface area contributed by atoms with Crippen molar-refractivity contribution in [3.8, 4) is 0 Å². The molecule has 0 bridgehead atoms. The second-order valence-corrected chi connectivity index (χ2v) is 3.91. The predicted octanol–water partition coefficient (Wildman–Crippen LogP) is 3.39. The first-order chi connectivity index (χ1) is 9.10. The molecule has 1 heterocycles. The Labute approximate surface area is 113 Å². The molecule has 1 N–H and O–H groups in total. The van der Waals surface area contributed by atoms with Gasteiger partial charge in [-0.2, -0.15) is 4.98 Å². The van der Waals surface area contributed by atoms with Crippen molar-refractivity contribution in [1.82, 2.24) is 4.98 Å². The Kier molecular flexibility index (Phi) is 4.01. The van der Waals surface area contributed by atoms with Gasteiger partial charge in [-0.05, 0) is 25.1 Å². The van der Waals surface area contributed by atoms with Crippen molar-refractivity contribution in [2.45, 2.75) is 6.92 Å². The van der Waals surface area contributed by atoms with Gasteiger partial charge in [0.15, 0.2) is 5.69 Å². The minimum Gasteiger partial charge on any atom is -0.461 e. The third kappa shape index (κ3) is 3.23. The fourth-order valence-electron chi connectivity index (χ4n) is 1.34. The van der Waals surface area contributed by atoms with Gasteiger partial charge < -0.3 is 14.5 Å². The largest absolute Gasteiger partial charge is 0.461 e. The quantitative estimate of drug-likeness (QED) is 0.872. The topological polar surface area (TPSA) is 64.4 Å². The number of carbonyl (C=O) groups excluding carboxylic acids is 1. The van der Waals surface area contributed by atoms with Crippen molar-refractivity contribution < 1.29 is 18.3 Å². The average molecular weight is 285 g/mol. The molecule has 0 atom stereocenters. The number of esters is 1. The number of carbonyl (C=O) groups is 1. The van der Waals surface area contributed by atoms with E-state index in [-0.39, 0.29) is 18.3 Å². The third-order valence-electron chi connectivity index (χ3n) is 2.16. The monoisotopic (exact) mass is 284 g/mol. The average Bonchev–Trinajstić information content (AvgIpc) is 2.83. The summed E-state index contributed by atoms with van der Waals surface area (Å²) in [6.45, 7) is 1.92. The van der Waals surface area contributed by atoms with Crippen molar-refractivity contribution in [2.24, 2.45) is 0 Å². The van der Waals surface area contributed by atoms with Crippen molar-refractivity contribution in [2.75, 3.05) is 11.9 Å². The highest BCUT2D eigenvalue weighted by Crippen LogP contribution is 2.25. The summed E-state index contributed by atoms with van der Waals surface area (Å²) in [6, 6.07) is 3.84. The van der Waals surface area contributed by atoms with E-state index >= 15 is 0 Å². The van der Waals surface area contributed by atoms with Gasteiger partial charge in [0.2, 0.25) is 0 Å². The fourth-order valence-corrected chi connectivity index (χ4v) is 1.50. The van der Waals surface area contributed by atoms with Gasteiger partial charge in [-0.1, -0.05) is 11.6 Å². The highest BCUT2D eigenvalue weighted by atomic mass is 35.5. The molecule has 19 heavy (non-hydrogen) atoms. The Morgan fingerprint density at radius 1 is 1.58 bits per heavy atom. The van der Waals surface area contributed by atoms with Gasteiger partial charge in [0.25, 0.3) is 6.01 Å². The van der Waals surface area contributed by atoms with Crippen LogP contribution in [0.1, 0.15) is 17.4 Å². The molecule has 0 amide bonds. The van der Waals surface area contributed by atoms with Gasteiger partial charge in [0.1, 0.15) is 12.1 Å². The molecule has 0 unspecified atom stereocenters. The number of anilines is 2. The number of halogens is 2. The maximum atomic E-state index is 13.1. The Bertz CT molecular complexity index is 600. The molecule has 2 aromatic rings. The number of rotatable bonds is 4. The highest BCUT2D eigenvalue weighted by molar-refractivity contribution is 6.33. The van der Waals surface area contributed by atoms with Crippen LogP contribution in [0.5, 0.6) is 0 Å². The molecule has 2 rings (SSSR count). The molecule has 0 spiro atoms. The molecule has 0 radical (unpaired) electrons. The second-order valence-electron chi connectivity index (χ2n) is 3.51. The lowest BCUT2D eigenvalue weighted by Gasteiger charge is -2.03. The van der Waals surface area contributed by atoms with E-state index in [9.17, 15) is 9.18 Å². The number of nitrogens with zero attached hydrogens (tertiary/aromatic N) is 1. The van der Waals surface area contributed by atoms with E-state index in [2.05, 4.69) is 10.3 Å². The molecule has 5 nitrogen and oxygen atoms in total. The molecule has 0 aliphatic heterocycles. The Balaban J connectivity index is 2.15. The Morgan fingerprint density at radius 2 is 2.37 bits per heavy atom. The van der Waals surface area contributed by atoms with Crippen LogP contribution in [-0.4, -0.2) is 17.6 Å². The highest BCUT2D eigenvalue weighted by Gasteiger charge is 2.14. The zero-order chi connectivity index (χ0) is 13.8. The summed E-state index contributed by atoms with van der Waals surface area (Å²) in [7, 11) is 0. The molecule has 0 aliphatic rings. The van der Waals surface area contributed by atoms with Crippen molar-refractivity contribution in [3.63, 3.8) is 0 Å². The summed E-state index contributed by atoms with van der Waals surface area (Å²) in [5, 5.41) is 2.98. The van der Waals surface area contributed by atoms with Crippen LogP contribution >= 0.6 is 11.6 Å². The maximum Gasteiger partial charge on any atom is 0.360 e. The number of ether oxygens (including phenoxy) is 1. The maximum absolute atomic E-state index is 13.1. The number of hydrogen-bond donors (Lipinski definition) is 1. The van der Waals surface area contributed by atoms with Gasteiger partial charge >= 0.3 is 5.97 Å². The number of benzene rings is 1. The number of nitrogens with one attached hydrogen (secondary N) is 1. The number of hydrogen-bond acceptors (Lipinski definition) is 5. The van der Waals surface area contributed by atoms with Crippen molar-refractivity contribution in [3.05, 3.63) is 41.0 Å². The van der Waals surface area contributed by atoms with Crippen LogP contribution < -0.4 is 5.32 Å². The summed E-state index contributed by atoms with van der Waals surface area (Å²) in [6.07, 6.45) is 1.15. The van der Waals surface area contributed by atoms with Gasteiger partial charge in [-0.15, -0.1) is 0 Å². The smallest absolute Gasteiger partial charge is 0.360 e. The minimum atomic E-state index is -0.593. The molecule has 7 heteroatoms. The molecule has 0 saturated carbocycles. The third-order valence-corrected chi connectivity index (χ3v) is 2.49. The zero-order valence-corrected chi connectivity index (χ0v) is 10.7. The van der Waals surface area contributed by atoms with E-state index in [0.717, 1.165) is 6.26 Å². The Morgan fingerprint density at radius 3 is 3.11 bits per heavy atom. The summed E-state index contributed by atoms with van der Waals surface area (Å²) in [4.78, 5) is 15.2. The molecular weight excluding hydrogens is 275 g/mol. The lowest BCUT2D eigenvalue weighted by molar-refractivity contribution is 0.0519. The van der Waals surface area contributed by atoms with Gasteiger partial charge in [0, 0.05) is 0 Å². The van der Waals surface area contributed by atoms with Crippen LogP contribution in [0.4, 0.5) is 16.1 Å². The molecule has 1 aromatic heterocycles. The fraction of sp³-hybridized carbons (Fsp3) is 0.167. The normalized spacial score (nSPS) is 10.3. The Hall–Kier alpha value is -2.08. The molecule has 1 aromatic carbocycles. The van der Waals surface area contributed by atoms with Gasteiger partial charge in [-0.3, -0.25) is 0 Å². The zero-order valence-electron chi connectivity index (χ0n) is 9.94. The van der Waals surface area contributed by atoms with Gasteiger partial charge in [-0.25, -0.2) is 9.18 Å². The molecular formula is C12H10ClFN2O3. The standard InChI is InChI=1S/C12H10ClFN2O3/c1-2-18-11(17)10-6-19-12(16-10)15-9-5-7(14)3-4-8(9)13/h3-6H,2H2,1H3,(H,15,16). The first-order valence-corrected chi connectivity index (χ1v) is 5.82. The lowest BCUT2D eigenvalue weighted by Crippen LogP contribution is -2.05. The molecule has 0 fully saturated rings. The van der Waals surface area contributed by atoms with Crippen LogP contribution in [0.3, 0.4) is 0 Å². The second kappa shape index (κ2) is 5.71. The van der Waals surface area contributed by atoms with Crippen molar-refractivity contribution in [1.29, 1.82) is 0 Å². The van der Waals surface area contributed by atoms with Crippen LogP contribution in [0, 0.1) is 5.82 Å². The molecule has 0 saturated heterocycles. The predicted molar refractivity (Wildman–Crippen MR) is 67.2 cm³/mol. The van der Waals surface area contributed by atoms with E-state index in [1.807, 2.05) is 0 Å². The number of oxazole rings is 1. The van der Waals surface area contributed by atoms with E-state index in [1.165, 1.54) is 18.2 Å². The summed E-state index contributed by atoms with van der Waals surface area (Å²) >= 11 is 5.87. The lowest BCUT2D eigenvalue weighted by atomic mass is 10.3. The minimum absolute atomic E-state index is 0.0237.